The summed E-state index contributed by atoms with van der Waals surface area (Å²) in [5.41, 5.74) is 3.51. The maximum atomic E-state index is 12.7. The van der Waals surface area contributed by atoms with Gasteiger partial charge in [-0.1, -0.05) is 20.8 Å². The van der Waals surface area contributed by atoms with Gasteiger partial charge in [-0.3, -0.25) is 4.79 Å². The second kappa shape index (κ2) is 6.05. The molecule has 26 heavy (non-hydrogen) atoms. The lowest BCUT2D eigenvalue weighted by atomic mass is 9.65. The molecule has 4 rings (SSSR count). The zero-order valence-electron chi connectivity index (χ0n) is 15.4. The zero-order valence-corrected chi connectivity index (χ0v) is 16.3. The minimum absolute atomic E-state index is 0.0800. The van der Waals surface area contributed by atoms with Crippen molar-refractivity contribution in [1.29, 1.82) is 0 Å². The van der Waals surface area contributed by atoms with Gasteiger partial charge < -0.3 is 9.64 Å². The van der Waals surface area contributed by atoms with Gasteiger partial charge in [0.05, 0.1) is 21.3 Å². The van der Waals surface area contributed by atoms with Crippen LogP contribution in [-0.2, 0) is 9.53 Å². The topological polar surface area (TPSA) is 59.5 Å². The van der Waals surface area contributed by atoms with Crippen molar-refractivity contribution in [3.05, 3.63) is 29.3 Å². The Morgan fingerprint density at radius 3 is 2.92 bits per heavy atom. The molecule has 1 saturated heterocycles. The van der Waals surface area contributed by atoms with Gasteiger partial charge in [-0.2, -0.15) is 0 Å². The Morgan fingerprint density at radius 1 is 1.31 bits per heavy atom. The van der Waals surface area contributed by atoms with Gasteiger partial charge in [-0.25, -0.2) is 9.78 Å². The van der Waals surface area contributed by atoms with E-state index in [1.165, 1.54) is 11.3 Å². The molecule has 1 saturated carbocycles. The van der Waals surface area contributed by atoms with Crippen LogP contribution in [0.4, 0.5) is 0 Å². The Labute approximate surface area is 157 Å². The average Bonchev–Trinajstić information content (AvgIpc) is 3.12. The Balaban J connectivity index is 1.40. The summed E-state index contributed by atoms with van der Waals surface area (Å²) >= 11 is 1.48. The van der Waals surface area contributed by atoms with Crippen molar-refractivity contribution >= 4 is 33.4 Å². The van der Waals surface area contributed by atoms with Crippen LogP contribution in [-0.4, -0.2) is 41.0 Å². The smallest absolute Gasteiger partial charge is 0.338 e. The molecular weight excluding hydrogens is 348 g/mol. The first-order chi connectivity index (χ1) is 12.2. The molecule has 1 aliphatic heterocycles. The van der Waals surface area contributed by atoms with E-state index >= 15 is 0 Å². The van der Waals surface area contributed by atoms with Gasteiger partial charge in [0.25, 0.3) is 5.91 Å². The van der Waals surface area contributed by atoms with Crippen LogP contribution in [0.1, 0.15) is 50.4 Å². The van der Waals surface area contributed by atoms with E-state index in [1.54, 1.807) is 23.7 Å². The first-order valence-corrected chi connectivity index (χ1v) is 9.93. The van der Waals surface area contributed by atoms with Gasteiger partial charge in [0.2, 0.25) is 0 Å². The summed E-state index contributed by atoms with van der Waals surface area (Å²) in [6.07, 6.45) is 3.21. The second-order valence-electron chi connectivity index (χ2n) is 8.85. The van der Waals surface area contributed by atoms with Crippen LogP contribution in [0.3, 0.4) is 0 Å². The maximum Gasteiger partial charge on any atom is 0.338 e. The van der Waals surface area contributed by atoms with Gasteiger partial charge in [0, 0.05) is 12.6 Å². The SMILES string of the molecule is CC1(C)C[C@H]2C[C@](C)(CN2C(=O)COC(=O)c2ccc3ncsc3c2)C1. The molecule has 0 radical (unpaired) electrons. The van der Waals surface area contributed by atoms with Crippen LogP contribution in [0.5, 0.6) is 0 Å². The van der Waals surface area contributed by atoms with Gasteiger partial charge in [-0.15, -0.1) is 11.3 Å². The third-order valence-electron chi connectivity index (χ3n) is 5.63. The molecule has 0 spiro atoms. The molecule has 0 unspecified atom stereocenters. The van der Waals surface area contributed by atoms with Gasteiger partial charge >= 0.3 is 5.97 Å². The van der Waals surface area contributed by atoms with Crippen LogP contribution in [0.2, 0.25) is 0 Å². The molecule has 2 fully saturated rings. The van der Waals surface area contributed by atoms with E-state index in [-0.39, 0.29) is 29.4 Å². The fourth-order valence-corrected chi connectivity index (χ4v) is 5.74. The third kappa shape index (κ3) is 3.22. The second-order valence-corrected chi connectivity index (χ2v) is 9.73. The summed E-state index contributed by atoms with van der Waals surface area (Å²) in [4.78, 5) is 31.1. The summed E-state index contributed by atoms with van der Waals surface area (Å²) in [5.74, 6) is -0.536. The van der Waals surface area contributed by atoms with Gasteiger partial charge in [0.1, 0.15) is 0 Å². The van der Waals surface area contributed by atoms with Crippen molar-refractivity contribution < 1.29 is 14.3 Å². The number of fused-ring (bicyclic) bond motifs is 3. The van der Waals surface area contributed by atoms with E-state index in [0.29, 0.717) is 5.56 Å². The monoisotopic (exact) mass is 372 g/mol. The third-order valence-corrected chi connectivity index (χ3v) is 6.42. The normalized spacial score (nSPS) is 26.9. The zero-order chi connectivity index (χ0) is 18.5. The average molecular weight is 372 g/mol. The highest BCUT2D eigenvalue weighted by atomic mass is 32.1. The number of amides is 1. The number of thiazole rings is 1. The summed E-state index contributed by atoms with van der Waals surface area (Å²) in [6.45, 7) is 7.41. The molecule has 1 aromatic carbocycles. The summed E-state index contributed by atoms with van der Waals surface area (Å²) in [7, 11) is 0. The van der Waals surface area contributed by atoms with E-state index in [9.17, 15) is 9.59 Å². The van der Waals surface area contributed by atoms with Crippen molar-refractivity contribution in [3.63, 3.8) is 0 Å². The molecule has 2 aliphatic rings. The fraction of sp³-hybridized carbons (Fsp3) is 0.550. The Kier molecular flexibility index (Phi) is 4.06. The van der Waals surface area contributed by atoms with E-state index in [1.807, 2.05) is 4.90 Å². The van der Waals surface area contributed by atoms with Gasteiger partial charge in [-0.05, 0) is 48.3 Å². The van der Waals surface area contributed by atoms with Crippen molar-refractivity contribution in [2.24, 2.45) is 10.8 Å². The number of hydrogen-bond acceptors (Lipinski definition) is 5. The van der Waals surface area contributed by atoms with Crippen molar-refractivity contribution in [3.8, 4) is 0 Å². The predicted molar refractivity (Wildman–Crippen MR) is 101 cm³/mol. The molecule has 0 N–H and O–H groups in total. The van der Waals surface area contributed by atoms with Crippen LogP contribution in [0.15, 0.2) is 23.7 Å². The number of rotatable bonds is 3. The van der Waals surface area contributed by atoms with Gasteiger partial charge in [0.15, 0.2) is 6.61 Å². The molecule has 2 atom stereocenters. The molecule has 1 aromatic heterocycles. The van der Waals surface area contributed by atoms with E-state index < -0.39 is 5.97 Å². The first-order valence-electron chi connectivity index (χ1n) is 9.05. The van der Waals surface area contributed by atoms with E-state index in [0.717, 1.165) is 36.0 Å². The lowest BCUT2D eigenvalue weighted by molar-refractivity contribution is -0.135. The van der Waals surface area contributed by atoms with Crippen LogP contribution in [0, 0.1) is 10.8 Å². The molecule has 2 heterocycles. The molecule has 138 valence electrons. The number of hydrogen-bond donors (Lipinski definition) is 0. The Morgan fingerprint density at radius 2 is 2.12 bits per heavy atom. The Hall–Kier alpha value is -1.95. The molecule has 6 heteroatoms. The number of carbonyl (C=O) groups excluding carboxylic acids is 2. The molecule has 1 amide bonds. The molecule has 2 aromatic rings. The minimum atomic E-state index is -0.456. The number of ether oxygens (including phenoxy) is 1. The first kappa shape index (κ1) is 17.5. The summed E-state index contributed by atoms with van der Waals surface area (Å²) < 4.78 is 6.25. The number of likely N-dealkylation sites (tertiary alicyclic amines) is 1. The van der Waals surface area contributed by atoms with Crippen LogP contribution in [0.25, 0.3) is 10.2 Å². The minimum Gasteiger partial charge on any atom is -0.452 e. The van der Waals surface area contributed by atoms with Crippen molar-refractivity contribution in [1.82, 2.24) is 9.88 Å². The maximum absolute atomic E-state index is 12.7. The Bertz CT molecular complexity index is 875. The number of benzene rings is 1. The van der Waals surface area contributed by atoms with Crippen LogP contribution >= 0.6 is 11.3 Å². The van der Waals surface area contributed by atoms with Crippen molar-refractivity contribution in [2.45, 2.75) is 46.1 Å². The standard InChI is InChI=1S/C20H24N2O3S/c1-19(2)7-14-8-20(3,10-19)11-22(14)17(23)9-25-18(24)13-4-5-15-16(6-13)26-12-21-15/h4-6,12,14H,7-11H2,1-3H3/t14-,20-/m0/s1. The summed E-state index contributed by atoms with van der Waals surface area (Å²) in [6, 6.07) is 5.54. The number of aromatic nitrogens is 1. The summed E-state index contributed by atoms with van der Waals surface area (Å²) in [5, 5.41) is 0. The number of carbonyl (C=O) groups is 2. The molecule has 1 aliphatic carbocycles. The molecular formula is C20H24N2O3S. The van der Waals surface area contributed by atoms with E-state index in [4.69, 9.17) is 4.74 Å². The highest BCUT2D eigenvalue weighted by Gasteiger charge is 2.50. The quantitative estimate of drug-likeness (QED) is 0.767. The lowest BCUT2D eigenvalue weighted by Gasteiger charge is -2.39. The lowest BCUT2D eigenvalue weighted by Crippen LogP contribution is -2.39. The highest BCUT2D eigenvalue weighted by molar-refractivity contribution is 7.16. The van der Waals surface area contributed by atoms with E-state index in [2.05, 4.69) is 25.8 Å². The molecule has 5 nitrogen and oxygen atoms in total. The highest BCUT2D eigenvalue weighted by Crippen LogP contribution is 2.52. The predicted octanol–water partition coefficient (Wildman–Crippen LogP) is 3.88. The van der Waals surface area contributed by atoms with Crippen molar-refractivity contribution in [2.75, 3.05) is 13.2 Å². The largest absolute Gasteiger partial charge is 0.452 e. The van der Waals surface area contributed by atoms with Crippen LogP contribution < -0.4 is 0 Å². The number of nitrogens with zero attached hydrogens (tertiary/aromatic N) is 2. The fourth-order valence-electron chi connectivity index (χ4n) is 5.03. The number of esters is 1. The molecule has 2 bridgehead atoms.